The van der Waals surface area contributed by atoms with E-state index >= 15 is 0 Å². The topological polar surface area (TPSA) is 54.2 Å². The van der Waals surface area contributed by atoms with Gasteiger partial charge in [-0.25, -0.2) is 0 Å². The van der Waals surface area contributed by atoms with Crippen LogP contribution in [0.4, 0.5) is 0 Å². The van der Waals surface area contributed by atoms with Gasteiger partial charge in [0, 0.05) is 31.4 Å². The largest absolute Gasteiger partial charge is 0.357 e. The Morgan fingerprint density at radius 1 is 1.42 bits per heavy atom. The normalized spacial score (nSPS) is 12.0. The molecule has 0 fully saturated rings. The molecule has 0 aliphatic rings. The molecule has 5 nitrogen and oxygen atoms in total. The zero-order valence-corrected chi connectivity index (χ0v) is 12.8. The summed E-state index contributed by atoms with van der Waals surface area (Å²) in [5.41, 5.74) is 2.30. The maximum atomic E-state index is 4.56. The van der Waals surface area contributed by atoms with Crippen LogP contribution in [-0.4, -0.2) is 34.9 Å². The van der Waals surface area contributed by atoms with E-state index < -0.39 is 0 Å². The van der Waals surface area contributed by atoms with Crippen molar-refractivity contribution in [1.82, 2.24) is 20.4 Å². The Morgan fingerprint density at radius 2 is 2.16 bits per heavy atom. The first-order valence-electron chi connectivity index (χ1n) is 7.08. The third-order valence-corrected chi connectivity index (χ3v) is 2.67. The van der Waals surface area contributed by atoms with Gasteiger partial charge in [0.15, 0.2) is 5.96 Å². The number of rotatable bonds is 6. The van der Waals surface area contributed by atoms with Gasteiger partial charge in [0.1, 0.15) is 0 Å². The summed E-state index contributed by atoms with van der Waals surface area (Å²) in [7, 11) is 0. The highest BCUT2D eigenvalue weighted by Crippen LogP contribution is 2.02. The van der Waals surface area contributed by atoms with Crippen molar-refractivity contribution < 1.29 is 0 Å². The van der Waals surface area contributed by atoms with Gasteiger partial charge in [-0.1, -0.05) is 0 Å². The van der Waals surface area contributed by atoms with Crippen LogP contribution in [-0.2, 0) is 6.54 Å². The maximum absolute atomic E-state index is 4.56. The fourth-order valence-electron chi connectivity index (χ4n) is 1.91. The number of aliphatic imine (C=N–C) groups is 1. The second-order valence-electron chi connectivity index (χ2n) is 5.06. The Morgan fingerprint density at radius 3 is 2.68 bits per heavy atom. The molecule has 1 heterocycles. The first kappa shape index (κ1) is 15.5. The first-order chi connectivity index (χ1) is 9.02. The van der Waals surface area contributed by atoms with Crippen molar-refractivity contribution in [2.75, 3.05) is 13.1 Å². The predicted octanol–water partition coefficient (Wildman–Crippen LogP) is 1.85. The summed E-state index contributed by atoms with van der Waals surface area (Å²) in [6.07, 6.45) is 0.997. The molecular formula is C14H27N5. The molecule has 0 aliphatic carbocycles. The van der Waals surface area contributed by atoms with Crippen LogP contribution < -0.4 is 10.6 Å². The molecule has 0 aliphatic heterocycles. The molecule has 0 saturated carbocycles. The van der Waals surface area contributed by atoms with Crippen LogP contribution in [0.15, 0.2) is 11.1 Å². The molecule has 19 heavy (non-hydrogen) atoms. The van der Waals surface area contributed by atoms with Crippen LogP contribution in [0.2, 0.25) is 0 Å². The zero-order chi connectivity index (χ0) is 14.3. The van der Waals surface area contributed by atoms with Crippen molar-refractivity contribution in [1.29, 1.82) is 0 Å². The number of aryl methyl sites for hydroxylation is 3. The summed E-state index contributed by atoms with van der Waals surface area (Å²) in [6, 6.07) is 2.50. The molecule has 2 N–H and O–H groups in total. The molecule has 0 saturated heterocycles. The van der Waals surface area contributed by atoms with Crippen LogP contribution in [0, 0.1) is 13.8 Å². The molecule has 0 radical (unpaired) electrons. The van der Waals surface area contributed by atoms with Gasteiger partial charge in [-0.2, -0.15) is 5.10 Å². The quantitative estimate of drug-likeness (QED) is 0.469. The smallest absolute Gasteiger partial charge is 0.191 e. The number of nitrogens with zero attached hydrogens (tertiary/aromatic N) is 3. The van der Waals surface area contributed by atoms with Gasteiger partial charge >= 0.3 is 0 Å². The van der Waals surface area contributed by atoms with Crippen molar-refractivity contribution in [3.8, 4) is 0 Å². The maximum Gasteiger partial charge on any atom is 0.191 e. The standard InChI is InChI=1S/C14H27N5/c1-6-15-14(17-11(2)3)16-8-7-9-19-13(5)10-12(4)18-19/h10-11H,6-9H2,1-5H3,(H2,15,16,17). The third-order valence-electron chi connectivity index (χ3n) is 2.67. The Kier molecular flexibility index (Phi) is 6.39. The molecule has 0 unspecified atom stereocenters. The molecule has 0 amide bonds. The van der Waals surface area contributed by atoms with Crippen molar-refractivity contribution in [3.63, 3.8) is 0 Å². The first-order valence-corrected chi connectivity index (χ1v) is 7.08. The lowest BCUT2D eigenvalue weighted by Crippen LogP contribution is -2.41. The van der Waals surface area contributed by atoms with Crippen LogP contribution >= 0.6 is 0 Å². The molecule has 0 spiro atoms. The van der Waals surface area contributed by atoms with Gasteiger partial charge < -0.3 is 10.6 Å². The average molecular weight is 265 g/mol. The number of aromatic nitrogens is 2. The Hall–Kier alpha value is -1.52. The van der Waals surface area contributed by atoms with Crippen molar-refractivity contribution >= 4 is 5.96 Å². The summed E-state index contributed by atoms with van der Waals surface area (Å²) >= 11 is 0. The fourth-order valence-corrected chi connectivity index (χ4v) is 1.91. The minimum atomic E-state index is 0.397. The number of nitrogens with one attached hydrogen (secondary N) is 2. The van der Waals surface area contributed by atoms with Crippen molar-refractivity contribution in [2.24, 2.45) is 4.99 Å². The van der Waals surface area contributed by atoms with E-state index in [1.165, 1.54) is 5.69 Å². The SMILES string of the molecule is CCNC(=NCCCn1nc(C)cc1C)NC(C)C. The zero-order valence-electron chi connectivity index (χ0n) is 12.8. The summed E-state index contributed by atoms with van der Waals surface area (Å²) in [4.78, 5) is 4.56. The van der Waals surface area contributed by atoms with Gasteiger partial charge in [-0.05, 0) is 47.1 Å². The Bertz CT molecular complexity index is 406. The molecule has 0 bridgehead atoms. The predicted molar refractivity (Wildman–Crippen MR) is 80.6 cm³/mol. The van der Waals surface area contributed by atoms with E-state index in [-0.39, 0.29) is 0 Å². The lowest BCUT2D eigenvalue weighted by Gasteiger charge is -2.13. The molecule has 1 aromatic heterocycles. The number of hydrogen-bond donors (Lipinski definition) is 2. The van der Waals surface area contributed by atoms with E-state index in [0.29, 0.717) is 6.04 Å². The summed E-state index contributed by atoms with van der Waals surface area (Å²) in [5, 5.41) is 11.0. The number of hydrogen-bond acceptors (Lipinski definition) is 2. The monoisotopic (exact) mass is 265 g/mol. The minimum Gasteiger partial charge on any atom is -0.357 e. The molecule has 108 valence electrons. The second kappa shape index (κ2) is 7.81. The van der Waals surface area contributed by atoms with Gasteiger partial charge in [-0.15, -0.1) is 0 Å². The molecule has 0 aromatic carbocycles. The highest BCUT2D eigenvalue weighted by atomic mass is 15.3. The van der Waals surface area contributed by atoms with E-state index in [2.05, 4.69) is 54.5 Å². The molecule has 0 atom stereocenters. The summed E-state index contributed by atoms with van der Waals surface area (Å²) in [6.45, 7) is 13.0. The van der Waals surface area contributed by atoms with E-state index in [1.54, 1.807) is 0 Å². The van der Waals surface area contributed by atoms with Crippen LogP contribution in [0.1, 0.15) is 38.6 Å². The van der Waals surface area contributed by atoms with E-state index in [4.69, 9.17) is 0 Å². The van der Waals surface area contributed by atoms with Crippen molar-refractivity contribution in [2.45, 2.75) is 53.6 Å². The lowest BCUT2D eigenvalue weighted by molar-refractivity contribution is 0.566. The van der Waals surface area contributed by atoms with Crippen LogP contribution in [0.5, 0.6) is 0 Å². The lowest BCUT2D eigenvalue weighted by atomic mass is 10.4. The molecule has 1 rings (SSSR count). The minimum absolute atomic E-state index is 0.397. The van der Waals surface area contributed by atoms with E-state index in [0.717, 1.165) is 37.7 Å². The van der Waals surface area contributed by atoms with Gasteiger partial charge in [0.2, 0.25) is 0 Å². The van der Waals surface area contributed by atoms with Gasteiger partial charge in [0.25, 0.3) is 0 Å². The van der Waals surface area contributed by atoms with Gasteiger partial charge in [0.05, 0.1) is 5.69 Å². The van der Waals surface area contributed by atoms with Crippen LogP contribution in [0.25, 0.3) is 0 Å². The van der Waals surface area contributed by atoms with Crippen molar-refractivity contribution in [3.05, 3.63) is 17.5 Å². The Balaban J connectivity index is 2.40. The molecular weight excluding hydrogens is 238 g/mol. The fraction of sp³-hybridized carbons (Fsp3) is 0.714. The van der Waals surface area contributed by atoms with Crippen LogP contribution in [0.3, 0.4) is 0 Å². The van der Waals surface area contributed by atoms with E-state index in [9.17, 15) is 0 Å². The Labute approximate surface area is 116 Å². The van der Waals surface area contributed by atoms with Gasteiger partial charge in [-0.3, -0.25) is 9.67 Å². The number of guanidine groups is 1. The average Bonchev–Trinajstić information content (AvgIpc) is 2.63. The van der Waals surface area contributed by atoms with E-state index in [1.807, 2.05) is 11.6 Å². The summed E-state index contributed by atoms with van der Waals surface area (Å²) < 4.78 is 2.05. The third kappa shape index (κ3) is 5.77. The second-order valence-corrected chi connectivity index (χ2v) is 5.06. The summed E-state index contributed by atoms with van der Waals surface area (Å²) in [5.74, 6) is 0.894. The molecule has 1 aromatic rings. The molecule has 5 heteroatoms. The highest BCUT2D eigenvalue weighted by molar-refractivity contribution is 5.79. The highest BCUT2D eigenvalue weighted by Gasteiger charge is 2.01.